The maximum absolute atomic E-state index is 11.5. The maximum Gasteiger partial charge on any atom is 0.246 e. The van der Waals surface area contributed by atoms with Gasteiger partial charge in [0, 0.05) is 11.0 Å². The van der Waals surface area contributed by atoms with Gasteiger partial charge in [0.25, 0.3) is 0 Å². The van der Waals surface area contributed by atoms with Gasteiger partial charge in [-0.1, -0.05) is 58.0 Å². The molecule has 0 aliphatic heterocycles. The second-order valence-corrected chi connectivity index (χ2v) is 9.13. The summed E-state index contributed by atoms with van der Waals surface area (Å²) in [6, 6.07) is 10.6. The molecule has 2 rings (SSSR count). The Balaban J connectivity index is 3.08. The molecule has 2 atom stereocenters. The van der Waals surface area contributed by atoms with Gasteiger partial charge in [0.1, 0.15) is 5.75 Å². The highest BCUT2D eigenvalue weighted by molar-refractivity contribution is 5.97. The zero-order valence-corrected chi connectivity index (χ0v) is 20.0. The number of rotatable bonds is 8. The average Bonchev–Trinajstić information content (AvgIpc) is 2.69. The Bertz CT molecular complexity index is 833. The summed E-state index contributed by atoms with van der Waals surface area (Å²) < 4.78 is 5.35. The summed E-state index contributed by atoms with van der Waals surface area (Å²) in [7, 11) is 3.18. The molecule has 0 aliphatic carbocycles. The summed E-state index contributed by atoms with van der Waals surface area (Å²) in [5.41, 5.74) is 12.4. The SMILES string of the molecule is Cc1c(C)c(CO[Si])c(C)c(C(c2ccccc2)(C(C)C)C(CN)C(C)C)c1O. The molecule has 3 radical (unpaired) electrons. The van der Waals surface area contributed by atoms with Crippen LogP contribution >= 0.6 is 0 Å². The van der Waals surface area contributed by atoms with Gasteiger partial charge in [-0.15, -0.1) is 0 Å². The molecule has 0 saturated carbocycles. The van der Waals surface area contributed by atoms with E-state index in [1.807, 2.05) is 13.0 Å². The summed E-state index contributed by atoms with van der Waals surface area (Å²) in [5, 5.41) is 11.5. The van der Waals surface area contributed by atoms with Gasteiger partial charge in [-0.25, -0.2) is 0 Å². The molecule has 0 amide bonds. The average molecular weight is 411 g/mol. The van der Waals surface area contributed by atoms with Gasteiger partial charge in [0.15, 0.2) is 0 Å². The highest BCUT2D eigenvalue weighted by Gasteiger charge is 2.48. The third kappa shape index (κ3) is 3.90. The molecule has 0 spiro atoms. The first-order chi connectivity index (χ1) is 13.7. The van der Waals surface area contributed by atoms with E-state index < -0.39 is 5.41 Å². The molecular weight excluding hydrogens is 374 g/mol. The third-order valence-electron chi connectivity index (χ3n) is 6.87. The van der Waals surface area contributed by atoms with Crippen molar-refractivity contribution in [2.24, 2.45) is 23.5 Å². The number of phenols is 1. The van der Waals surface area contributed by atoms with Crippen LogP contribution in [-0.2, 0) is 16.4 Å². The third-order valence-corrected chi connectivity index (χ3v) is 7.02. The second kappa shape index (κ2) is 9.46. The molecular formula is C25H36NO2Si. The molecule has 3 nitrogen and oxygen atoms in total. The molecule has 2 aromatic rings. The standard InChI is InChI=1S/C25H36NO2Si/c1-15(2)22(13-26)25(16(3)4,20-11-9-8-10-12-20)23-19(7)21(14-28-29)17(5)18(6)24(23)27/h8-12,15-16,22,27H,13-14,26H2,1-7H3. The predicted molar refractivity (Wildman–Crippen MR) is 122 cm³/mol. The van der Waals surface area contributed by atoms with Gasteiger partial charge in [0.05, 0.1) is 6.61 Å². The lowest BCUT2D eigenvalue weighted by atomic mass is 9.55. The van der Waals surface area contributed by atoms with Crippen LogP contribution in [0.4, 0.5) is 0 Å². The van der Waals surface area contributed by atoms with Gasteiger partial charge in [-0.3, -0.25) is 0 Å². The maximum atomic E-state index is 11.5. The lowest BCUT2D eigenvalue weighted by Crippen LogP contribution is -2.48. The van der Waals surface area contributed by atoms with Gasteiger partial charge < -0.3 is 15.3 Å². The highest BCUT2D eigenvalue weighted by atomic mass is 28.2. The Morgan fingerprint density at radius 2 is 1.59 bits per heavy atom. The molecule has 2 unspecified atom stereocenters. The van der Waals surface area contributed by atoms with E-state index in [0.717, 1.165) is 27.8 Å². The second-order valence-electron chi connectivity index (χ2n) is 8.84. The normalized spacial score (nSPS) is 15.0. The molecule has 0 saturated heterocycles. The molecule has 0 aliphatic rings. The number of benzene rings is 2. The molecule has 0 fully saturated rings. The van der Waals surface area contributed by atoms with Crippen molar-refractivity contribution in [1.82, 2.24) is 0 Å². The monoisotopic (exact) mass is 410 g/mol. The van der Waals surface area contributed by atoms with E-state index in [1.54, 1.807) is 0 Å². The Hall–Kier alpha value is -1.62. The van der Waals surface area contributed by atoms with E-state index in [0.29, 0.717) is 24.8 Å². The van der Waals surface area contributed by atoms with Crippen molar-refractivity contribution in [3.63, 3.8) is 0 Å². The van der Waals surface area contributed by atoms with E-state index in [4.69, 9.17) is 10.2 Å². The zero-order chi connectivity index (χ0) is 21.9. The van der Waals surface area contributed by atoms with Crippen LogP contribution in [0.25, 0.3) is 0 Å². The Kier molecular flexibility index (Phi) is 7.72. The summed E-state index contributed by atoms with van der Waals surface area (Å²) in [6.07, 6.45) is 0. The van der Waals surface area contributed by atoms with Crippen molar-refractivity contribution in [3.8, 4) is 5.75 Å². The van der Waals surface area contributed by atoms with Crippen LogP contribution in [-0.4, -0.2) is 22.1 Å². The highest BCUT2D eigenvalue weighted by Crippen LogP contribution is 2.53. The Morgan fingerprint density at radius 1 is 1.00 bits per heavy atom. The fraction of sp³-hybridized carbons (Fsp3) is 0.520. The van der Waals surface area contributed by atoms with Crippen LogP contribution in [0.5, 0.6) is 5.75 Å². The van der Waals surface area contributed by atoms with Gasteiger partial charge in [-0.05, 0) is 72.9 Å². The molecule has 2 aromatic carbocycles. The summed E-state index contributed by atoms with van der Waals surface area (Å²) in [6.45, 7) is 16.1. The van der Waals surface area contributed by atoms with Gasteiger partial charge >= 0.3 is 0 Å². The van der Waals surface area contributed by atoms with Gasteiger partial charge in [-0.2, -0.15) is 0 Å². The smallest absolute Gasteiger partial charge is 0.246 e. The van der Waals surface area contributed by atoms with Crippen molar-refractivity contribution in [2.45, 2.75) is 60.5 Å². The summed E-state index contributed by atoms with van der Waals surface area (Å²) in [5.74, 6) is 1.12. The van der Waals surface area contributed by atoms with E-state index in [1.165, 1.54) is 5.56 Å². The van der Waals surface area contributed by atoms with Crippen molar-refractivity contribution < 1.29 is 9.53 Å². The van der Waals surface area contributed by atoms with E-state index in [9.17, 15) is 5.11 Å². The van der Waals surface area contributed by atoms with Crippen LogP contribution < -0.4 is 5.73 Å². The zero-order valence-electron chi connectivity index (χ0n) is 19.0. The first-order valence-electron chi connectivity index (χ1n) is 10.5. The number of hydrogen-bond acceptors (Lipinski definition) is 3. The molecule has 157 valence electrons. The Morgan fingerprint density at radius 3 is 2.03 bits per heavy atom. The molecule has 29 heavy (non-hydrogen) atoms. The van der Waals surface area contributed by atoms with Crippen molar-refractivity contribution >= 4 is 10.5 Å². The number of aromatic hydroxyl groups is 1. The fourth-order valence-electron chi connectivity index (χ4n) is 5.29. The fourth-order valence-corrected chi connectivity index (χ4v) is 5.43. The first kappa shape index (κ1) is 23.7. The number of hydrogen-bond donors (Lipinski definition) is 2. The van der Waals surface area contributed by atoms with Crippen molar-refractivity contribution in [2.75, 3.05) is 6.54 Å². The quantitative estimate of drug-likeness (QED) is 0.596. The molecule has 4 heteroatoms. The topological polar surface area (TPSA) is 55.5 Å². The summed E-state index contributed by atoms with van der Waals surface area (Å²) >= 11 is 0. The minimum Gasteiger partial charge on any atom is -0.507 e. The predicted octanol–water partition coefficient (Wildman–Crippen LogP) is 5.09. The van der Waals surface area contributed by atoms with E-state index in [-0.39, 0.29) is 11.8 Å². The van der Waals surface area contributed by atoms with Crippen molar-refractivity contribution in [3.05, 3.63) is 63.7 Å². The lowest BCUT2D eigenvalue weighted by molar-refractivity contribution is 0.185. The lowest BCUT2D eigenvalue weighted by Gasteiger charge is -2.48. The first-order valence-corrected chi connectivity index (χ1v) is 10.9. The number of nitrogens with two attached hydrogens (primary N) is 1. The largest absolute Gasteiger partial charge is 0.507 e. The van der Waals surface area contributed by atoms with Crippen LogP contribution in [0, 0.1) is 38.5 Å². The summed E-state index contributed by atoms with van der Waals surface area (Å²) in [4.78, 5) is 0. The minimum atomic E-state index is -0.419. The molecule has 0 bridgehead atoms. The van der Waals surface area contributed by atoms with E-state index >= 15 is 0 Å². The molecule has 0 aromatic heterocycles. The van der Waals surface area contributed by atoms with Crippen LogP contribution in [0.15, 0.2) is 30.3 Å². The van der Waals surface area contributed by atoms with E-state index in [2.05, 4.69) is 76.3 Å². The Labute approximate surface area is 180 Å². The molecule has 3 N–H and O–H groups in total. The number of phenolic OH excluding ortho intramolecular Hbond substituents is 1. The van der Waals surface area contributed by atoms with Gasteiger partial charge in [0.2, 0.25) is 10.5 Å². The van der Waals surface area contributed by atoms with Crippen LogP contribution in [0.1, 0.15) is 61.1 Å². The minimum absolute atomic E-state index is 0.161. The van der Waals surface area contributed by atoms with Crippen LogP contribution in [0.2, 0.25) is 0 Å². The van der Waals surface area contributed by atoms with Crippen molar-refractivity contribution in [1.29, 1.82) is 0 Å². The molecule has 0 heterocycles. The van der Waals surface area contributed by atoms with Crippen LogP contribution in [0.3, 0.4) is 0 Å².